The minimum absolute atomic E-state index is 0.133. The fourth-order valence-electron chi connectivity index (χ4n) is 4.27. The van der Waals surface area contributed by atoms with Gasteiger partial charge in [0.15, 0.2) is 5.76 Å². The maximum absolute atomic E-state index is 14.1. The van der Waals surface area contributed by atoms with E-state index in [0.717, 1.165) is 0 Å². The lowest BCUT2D eigenvalue weighted by Crippen LogP contribution is -2.18. The summed E-state index contributed by atoms with van der Waals surface area (Å²) >= 11 is 6.09. The van der Waals surface area contributed by atoms with Crippen molar-refractivity contribution in [3.05, 3.63) is 136 Å². The number of carbonyl (C=O) groups is 1. The number of halogens is 2. The summed E-state index contributed by atoms with van der Waals surface area (Å²) in [4.78, 5) is 12.7. The Morgan fingerprint density at radius 1 is 1.00 bits per heavy atom. The van der Waals surface area contributed by atoms with E-state index in [2.05, 4.69) is 48.5 Å². The molecule has 6 nitrogen and oxygen atoms in total. The van der Waals surface area contributed by atoms with E-state index in [1.54, 1.807) is 30.5 Å². The van der Waals surface area contributed by atoms with Gasteiger partial charge in [-0.2, -0.15) is 5.10 Å². The molecule has 1 amide bonds. The summed E-state index contributed by atoms with van der Waals surface area (Å²) in [6.45, 7) is 4.69. The molecule has 1 N–H and O–H groups in total. The fourth-order valence-corrected chi connectivity index (χ4v) is 4.50. The predicted octanol–water partition coefficient (Wildman–Crippen LogP) is 7.47. The molecule has 5 rings (SSSR count). The van der Waals surface area contributed by atoms with Gasteiger partial charge in [0.05, 0.1) is 18.4 Å². The maximum Gasteiger partial charge on any atom is 0.291 e. The van der Waals surface area contributed by atoms with Crippen LogP contribution in [0.5, 0.6) is 5.75 Å². The molecule has 0 aliphatic carbocycles. The number of carbonyl (C=O) groups excluding carboxylic acids is 1. The highest BCUT2D eigenvalue weighted by molar-refractivity contribution is 6.31. The van der Waals surface area contributed by atoms with Crippen LogP contribution in [0.1, 0.15) is 46.9 Å². The van der Waals surface area contributed by atoms with Crippen molar-refractivity contribution in [1.82, 2.24) is 9.78 Å². The molecule has 8 heteroatoms. The molecule has 0 spiro atoms. The third-order valence-electron chi connectivity index (χ3n) is 6.61. The third kappa shape index (κ3) is 6.04. The van der Waals surface area contributed by atoms with Gasteiger partial charge in [0.2, 0.25) is 0 Å². The molecule has 0 atom stereocenters. The van der Waals surface area contributed by atoms with E-state index in [9.17, 15) is 9.18 Å². The number of hydrogen-bond acceptors (Lipinski definition) is 4. The summed E-state index contributed by atoms with van der Waals surface area (Å²) in [5.41, 5.74) is 3.05. The van der Waals surface area contributed by atoms with E-state index < -0.39 is 11.7 Å². The largest absolute Gasteiger partial charge is 0.486 e. The molecular weight excluding hydrogens is 517 g/mol. The summed E-state index contributed by atoms with van der Waals surface area (Å²) in [7, 11) is 0. The summed E-state index contributed by atoms with van der Waals surface area (Å²) in [6.07, 6.45) is 3.07. The van der Waals surface area contributed by atoms with Crippen molar-refractivity contribution < 1.29 is 18.3 Å². The molecule has 0 aliphatic rings. The lowest BCUT2D eigenvalue weighted by molar-refractivity contribution is 0.0992. The fraction of sp³-hybridized carbons (Fsp3) is 0.161. The Hall–Kier alpha value is -4.36. The van der Waals surface area contributed by atoms with Crippen molar-refractivity contribution in [2.45, 2.75) is 32.4 Å². The molecule has 0 fully saturated rings. The van der Waals surface area contributed by atoms with Gasteiger partial charge in [-0.05, 0) is 47.5 Å². The first-order valence-electron chi connectivity index (χ1n) is 12.4. The highest BCUT2D eigenvalue weighted by Gasteiger charge is 2.22. The van der Waals surface area contributed by atoms with Gasteiger partial charge in [-0.25, -0.2) is 4.39 Å². The van der Waals surface area contributed by atoms with Crippen LogP contribution in [0.3, 0.4) is 0 Å². The monoisotopic (exact) mass is 543 g/mol. The number of aromatic nitrogens is 2. The molecule has 0 bridgehead atoms. The van der Waals surface area contributed by atoms with E-state index >= 15 is 0 Å². The number of nitrogens with one attached hydrogen (secondary N) is 1. The highest BCUT2D eigenvalue weighted by Crippen LogP contribution is 2.32. The summed E-state index contributed by atoms with van der Waals surface area (Å²) in [5, 5.41) is 7.22. The zero-order chi connectivity index (χ0) is 27.4. The second-order valence-corrected chi connectivity index (χ2v) is 10.1. The zero-order valence-electron chi connectivity index (χ0n) is 21.5. The van der Waals surface area contributed by atoms with E-state index in [4.69, 9.17) is 20.8 Å². The number of amides is 1. The SMILES string of the molecule is CC(C)(c1ccccc1)c1ccc(OCc2ccc(C(=O)Nc3cnn(Cc4c(F)cccc4Cl)c3)o2)cc1. The molecule has 2 heterocycles. The minimum atomic E-state index is -0.433. The lowest BCUT2D eigenvalue weighted by Gasteiger charge is -2.26. The van der Waals surface area contributed by atoms with Crippen LogP contribution in [0, 0.1) is 5.82 Å². The molecule has 0 radical (unpaired) electrons. The van der Waals surface area contributed by atoms with Crippen molar-refractivity contribution in [2.75, 3.05) is 5.32 Å². The van der Waals surface area contributed by atoms with Gasteiger partial charge < -0.3 is 14.5 Å². The summed E-state index contributed by atoms with van der Waals surface area (Å²) < 4.78 is 27.1. The predicted molar refractivity (Wildman–Crippen MR) is 149 cm³/mol. The number of benzene rings is 3. The van der Waals surface area contributed by atoms with Crippen molar-refractivity contribution in [2.24, 2.45) is 0 Å². The Kier molecular flexibility index (Phi) is 7.52. The van der Waals surface area contributed by atoms with E-state index in [0.29, 0.717) is 27.8 Å². The molecule has 0 saturated heterocycles. The number of nitrogens with zero attached hydrogens (tertiary/aromatic N) is 2. The average Bonchev–Trinajstić information content (AvgIpc) is 3.60. The number of furan rings is 1. The number of ether oxygens (including phenoxy) is 1. The highest BCUT2D eigenvalue weighted by atomic mass is 35.5. The van der Waals surface area contributed by atoms with Crippen molar-refractivity contribution in [3.8, 4) is 5.75 Å². The normalized spacial score (nSPS) is 11.4. The second-order valence-electron chi connectivity index (χ2n) is 9.65. The Balaban J connectivity index is 1.16. The molecular formula is C31H27ClFN3O3. The van der Waals surface area contributed by atoms with Crippen LogP contribution in [-0.4, -0.2) is 15.7 Å². The molecule has 5 aromatic rings. The molecule has 0 saturated carbocycles. The molecule has 2 aromatic heterocycles. The quantitative estimate of drug-likeness (QED) is 0.209. The van der Waals surface area contributed by atoms with E-state index in [1.165, 1.54) is 28.1 Å². The first-order valence-corrected chi connectivity index (χ1v) is 12.8. The van der Waals surface area contributed by atoms with Gasteiger partial charge in [-0.15, -0.1) is 0 Å². The third-order valence-corrected chi connectivity index (χ3v) is 6.97. The second kappa shape index (κ2) is 11.2. The van der Waals surface area contributed by atoms with Crippen LogP contribution in [0.15, 0.2) is 102 Å². The first-order chi connectivity index (χ1) is 18.8. The Morgan fingerprint density at radius 3 is 2.49 bits per heavy atom. The van der Waals surface area contributed by atoms with Gasteiger partial charge in [0, 0.05) is 22.2 Å². The molecule has 0 aliphatic heterocycles. The van der Waals surface area contributed by atoms with Crippen LogP contribution < -0.4 is 10.1 Å². The van der Waals surface area contributed by atoms with Crippen LogP contribution in [0.25, 0.3) is 0 Å². The van der Waals surface area contributed by atoms with Gasteiger partial charge in [-0.3, -0.25) is 9.48 Å². The van der Waals surface area contributed by atoms with E-state index in [1.807, 2.05) is 30.3 Å². The maximum atomic E-state index is 14.1. The summed E-state index contributed by atoms with van der Waals surface area (Å²) in [6, 6.07) is 26.1. The Morgan fingerprint density at radius 2 is 1.74 bits per heavy atom. The van der Waals surface area contributed by atoms with E-state index in [-0.39, 0.29) is 24.3 Å². The van der Waals surface area contributed by atoms with Gasteiger partial charge in [0.1, 0.15) is 23.9 Å². The van der Waals surface area contributed by atoms with Gasteiger partial charge in [0.25, 0.3) is 5.91 Å². The van der Waals surface area contributed by atoms with Crippen molar-refractivity contribution in [3.63, 3.8) is 0 Å². The zero-order valence-corrected chi connectivity index (χ0v) is 22.3. The number of anilines is 1. The van der Waals surface area contributed by atoms with Crippen LogP contribution in [-0.2, 0) is 18.6 Å². The van der Waals surface area contributed by atoms with Crippen LogP contribution >= 0.6 is 11.6 Å². The molecule has 3 aromatic carbocycles. The minimum Gasteiger partial charge on any atom is -0.486 e. The standard InChI is InChI=1S/C31H27ClFN3O3/c1-31(2,21-7-4-3-5-8-21)22-11-13-24(14-12-22)38-20-25-15-16-29(39-25)30(37)35-23-17-34-36(18-23)19-26-27(32)9-6-10-28(26)33/h3-18H,19-20H2,1-2H3,(H,35,37). The van der Waals surface area contributed by atoms with Crippen molar-refractivity contribution >= 4 is 23.2 Å². The molecule has 0 unspecified atom stereocenters. The van der Waals surface area contributed by atoms with Crippen molar-refractivity contribution in [1.29, 1.82) is 0 Å². The topological polar surface area (TPSA) is 69.3 Å². The molecule has 198 valence electrons. The first kappa shape index (κ1) is 26.3. The number of rotatable bonds is 9. The van der Waals surface area contributed by atoms with Crippen LogP contribution in [0.4, 0.5) is 10.1 Å². The number of hydrogen-bond donors (Lipinski definition) is 1. The summed E-state index contributed by atoms with van der Waals surface area (Å²) in [5.74, 6) is 0.502. The molecule has 39 heavy (non-hydrogen) atoms. The lowest BCUT2D eigenvalue weighted by atomic mass is 9.78. The van der Waals surface area contributed by atoms with Crippen LogP contribution in [0.2, 0.25) is 5.02 Å². The van der Waals surface area contributed by atoms with Gasteiger partial charge >= 0.3 is 0 Å². The van der Waals surface area contributed by atoms with Gasteiger partial charge in [-0.1, -0.05) is 74.0 Å². The average molecular weight is 544 g/mol. The Bertz CT molecular complexity index is 1560. The smallest absolute Gasteiger partial charge is 0.291 e. The Labute approximate surface area is 231 Å².